The number of ether oxygens (including phenoxy) is 1. The zero-order chi connectivity index (χ0) is 18.3. The average molecular weight is 362 g/mol. The molecule has 0 spiro atoms. The summed E-state index contributed by atoms with van der Waals surface area (Å²) in [5, 5.41) is 2.75. The molecule has 0 aromatic heterocycles. The molecular weight excluding hydrogens is 340 g/mol. The Hall–Kier alpha value is -2.38. The molecule has 0 bridgehead atoms. The third kappa shape index (κ3) is 5.30. The monoisotopic (exact) mass is 362 g/mol. The first kappa shape index (κ1) is 19.0. The van der Waals surface area contributed by atoms with Gasteiger partial charge in [-0.2, -0.15) is 0 Å². The van der Waals surface area contributed by atoms with Crippen LogP contribution in [0.5, 0.6) is 5.75 Å². The van der Waals surface area contributed by atoms with Gasteiger partial charge in [-0.3, -0.25) is 4.79 Å². The summed E-state index contributed by atoms with van der Waals surface area (Å²) in [6, 6.07) is 13.4. The van der Waals surface area contributed by atoms with E-state index >= 15 is 0 Å². The molecule has 0 aliphatic rings. The standard InChI is InChI=1S/C18H22N2O4S/c1-3-12-19-25(22,23)16-10-8-15(9-11-16)20-18(21)13-14-6-4-5-7-17(14)24-2/h4-11,19H,3,12-13H2,1-2H3,(H,20,21). The summed E-state index contributed by atoms with van der Waals surface area (Å²) >= 11 is 0. The molecule has 2 aromatic rings. The maximum Gasteiger partial charge on any atom is 0.240 e. The second kappa shape index (κ2) is 8.64. The number of para-hydroxylation sites is 1. The smallest absolute Gasteiger partial charge is 0.240 e. The molecule has 0 atom stereocenters. The highest BCUT2D eigenvalue weighted by Crippen LogP contribution is 2.19. The molecule has 25 heavy (non-hydrogen) atoms. The fourth-order valence-electron chi connectivity index (χ4n) is 2.26. The predicted molar refractivity (Wildman–Crippen MR) is 97.2 cm³/mol. The number of amides is 1. The van der Waals surface area contributed by atoms with Gasteiger partial charge in [0.15, 0.2) is 0 Å². The summed E-state index contributed by atoms with van der Waals surface area (Å²) in [5.41, 5.74) is 1.32. The van der Waals surface area contributed by atoms with Crippen LogP contribution in [0.25, 0.3) is 0 Å². The molecule has 134 valence electrons. The SMILES string of the molecule is CCCNS(=O)(=O)c1ccc(NC(=O)Cc2ccccc2OC)cc1. The lowest BCUT2D eigenvalue weighted by Crippen LogP contribution is -2.24. The van der Waals surface area contributed by atoms with Crippen molar-refractivity contribution in [2.24, 2.45) is 0 Å². The molecule has 0 aliphatic heterocycles. The summed E-state index contributed by atoms with van der Waals surface area (Å²) < 4.78 is 31.8. The number of methoxy groups -OCH3 is 1. The van der Waals surface area contributed by atoms with E-state index in [4.69, 9.17) is 4.74 Å². The van der Waals surface area contributed by atoms with Gasteiger partial charge in [0.05, 0.1) is 18.4 Å². The van der Waals surface area contributed by atoms with Crippen molar-refractivity contribution in [2.45, 2.75) is 24.7 Å². The maximum absolute atomic E-state index is 12.2. The molecule has 2 rings (SSSR count). The molecule has 0 heterocycles. The Morgan fingerprint density at radius 1 is 1.08 bits per heavy atom. The minimum absolute atomic E-state index is 0.169. The minimum atomic E-state index is -3.50. The number of carbonyl (C=O) groups excluding carboxylic acids is 1. The number of nitrogens with one attached hydrogen (secondary N) is 2. The third-order valence-electron chi connectivity index (χ3n) is 3.53. The summed E-state index contributed by atoms with van der Waals surface area (Å²) in [7, 11) is -1.95. The normalized spacial score (nSPS) is 11.1. The van der Waals surface area contributed by atoms with Crippen LogP contribution < -0.4 is 14.8 Å². The van der Waals surface area contributed by atoms with Crippen LogP contribution in [0.2, 0.25) is 0 Å². The first-order chi connectivity index (χ1) is 12.0. The molecular formula is C18H22N2O4S. The van der Waals surface area contributed by atoms with Gasteiger partial charge in [-0.1, -0.05) is 25.1 Å². The lowest BCUT2D eigenvalue weighted by molar-refractivity contribution is -0.115. The van der Waals surface area contributed by atoms with Crippen LogP contribution in [0, 0.1) is 0 Å². The predicted octanol–water partition coefficient (Wildman–Crippen LogP) is 2.56. The van der Waals surface area contributed by atoms with Crippen LogP contribution in [0.4, 0.5) is 5.69 Å². The summed E-state index contributed by atoms with van der Waals surface area (Å²) in [5.74, 6) is 0.449. The number of hydrogen-bond donors (Lipinski definition) is 2. The quantitative estimate of drug-likeness (QED) is 0.756. The van der Waals surface area contributed by atoms with Crippen LogP contribution in [0.1, 0.15) is 18.9 Å². The van der Waals surface area contributed by atoms with E-state index in [1.165, 1.54) is 12.1 Å². The van der Waals surface area contributed by atoms with Gasteiger partial charge in [0.25, 0.3) is 0 Å². The van der Waals surface area contributed by atoms with Crippen LogP contribution in [-0.4, -0.2) is 28.0 Å². The van der Waals surface area contributed by atoms with Gasteiger partial charge < -0.3 is 10.1 Å². The Balaban J connectivity index is 2.02. The van der Waals surface area contributed by atoms with Crippen molar-refractivity contribution in [3.8, 4) is 5.75 Å². The van der Waals surface area contributed by atoms with Gasteiger partial charge in [0.1, 0.15) is 5.75 Å². The van der Waals surface area contributed by atoms with Crippen molar-refractivity contribution in [3.05, 3.63) is 54.1 Å². The molecule has 2 N–H and O–H groups in total. The molecule has 0 aliphatic carbocycles. The van der Waals surface area contributed by atoms with Crippen molar-refractivity contribution in [1.29, 1.82) is 0 Å². The lowest BCUT2D eigenvalue weighted by Gasteiger charge is -2.10. The summed E-state index contributed by atoms with van der Waals surface area (Å²) in [6.45, 7) is 2.28. The van der Waals surface area contributed by atoms with E-state index < -0.39 is 10.0 Å². The topological polar surface area (TPSA) is 84.5 Å². The van der Waals surface area contributed by atoms with Crippen LogP contribution in [0.3, 0.4) is 0 Å². The summed E-state index contributed by atoms with van der Waals surface area (Å²) in [6.07, 6.45) is 0.887. The van der Waals surface area contributed by atoms with E-state index in [0.717, 1.165) is 12.0 Å². The maximum atomic E-state index is 12.2. The van der Waals surface area contributed by atoms with Gasteiger partial charge in [0.2, 0.25) is 15.9 Å². The largest absolute Gasteiger partial charge is 0.496 e. The molecule has 2 aromatic carbocycles. The van der Waals surface area contributed by atoms with Crippen molar-refractivity contribution in [2.75, 3.05) is 19.0 Å². The average Bonchev–Trinajstić information content (AvgIpc) is 2.61. The number of sulfonamides is 1. The van der Waals surface area contributed by atoms with Gasteiger partial charge in [-0.05, 0) is 36.8 Å². The molecule has 1 amide bonds. The molecule has 0 fully saturated rings. The van der Waals surface area contributed by atoms with E-state index in [1.807, 2.05) is 25.1 Å². The first-order valence-electron chi connectivity index (χ1n) is 7.97. The number of benzene rings is 2. The van der Waals surface area contributed by atoms with Crippen molar-refractivity contribution in [3.63, 3.8) is 0 Å². The highest BCUT2D eigenvalue weighted by Gasteiger charge is 2.13. The van der Waals surface area contributed by atoms with E-state index in [2.05, 4.69) is 10.0 Å². The highest BCUT2D eigenvalue weighted by atomic mass is 32.2. The molecule has 6 nitrogen and oxygen atoms in total. The molecule has 0 saturated heterocycles. The number of anilines is 1. The van der Waals surface area contributed by atoms with Crippen LogP contribution in [0.15, 0.2) is 53.4 Å². The fraction of sp³-hybridized carbons (Fsp3) is 0.278. The lowest BCUT2D eigenvalue weighted by atomic mass is 10.1. The van der Waals surface area contributed by atoms with E-state index in [9.17, 15) is 13.2 Å². The minimum Gasteiger partial charge on any atom is -0.496 e. The Kier molecular flexibility index (Phi) is 6.55. The van der Waals surface area contributed by atoms with E-state index in [-0.39, 0.29) is 17.2 Å². The second-order valence-electron chi connectivity index (χ2n) is 5.46. The molecule has 0 unspecified atom stereocenters. The number of hydrogen-bond acceptors (Lipinski definition) is 4. The summed E-state index contributed by atoms with van der Waals surface area (Å²) in [4.78, 5) is 12.3. The van der Waals surface area contributed by atoms with Gasteiger partial charge in [-0.25, -0.2) is 13.1 Å². The zero-order valence-electron chi connectivity index (χ0n) is 14.3. The van der Waals surface area contributed by atoms with Gasteiger partial charge in [0, 0.05) is 17.8 Å². The Morgan fingerprint density at radius 3 is 2.40 bits per heavy atom. The van der Waals surface area contributed by atoms with Crippen molar-refractivity contribution < 1.29 is 17.9 Å². The zero-order valence-corrected chi connectivity index (χ0v) is 15.1. The Morgan fingerprint density at radius 2 is 1.76 bits per heavy atom. The van der Waals surface area contributed by atoms with Crippen molar-refractivity contribution in [1.82, 2.24) is 4.72 Å². The number of carbonyl (C=O) groups is 1. The molecule has 7 heteroatoms. The first-order valence-corrected chi connectivity index (χ1v) is 9.46. The third-order valence-corrected chi connectivity index (χ3v) is 5.01. The van der Waals surface area contributed by atoms with Gasteiger partial charge in [-0.15, -0.1) is 0 Å². The highest BCUT2D eigenvalue weighted by molar-refractivity contribution is 7.89. The van der Waals surface area contributed by atoms with Crippen LogP contribution in [-0.2, 0) is 21.2 Å². The Labute approximate surface area is 148 Å². The van der Waals surface area contributed by atoms with E-state index in [0.29, 0.717) is 18.0 Å². The van der Waals surface area contributed by atoms with Gasteiger partial charge >= 0.3 is 0 Å². The van der Waals surface area contributed by atoms with E-state index in [1.54, 1.807) is 25.3 Å². The second-order valence-corrected chi connectivity index (χ2v) is 7.23. The fourth-order valence-corrected chi connectivity index (χ4v) is 3.40. The van der Waals surface area contributed by atoms with Crippen LogP contribution >= 0.6 is 0 Å². The number of rotatable bonds is 8. The molecule has 0 saturated carbocycles. The molecule has 0 radical (unpaired) electrons. The Bertz CT molecular complexity index is 817. The van der Waals surface area contributed by atoms with Crippen molar-refractivity contribution >= 4 is 21.6 Å².